The quantitative estimate of drug-likeness (QED) is 0.734. The second-order valence-corrected chi connectivity index (χ2v) is 5.92. The largest absolute Gasteiger partial charge is 0.350 e. The van der Waals surface area contributed by atoms with Gasteiger partial charge in [0.15, 0.2) is 0 Å². The molecule has 0 saturated heterocycles. The molecule has 3 aromatic carbocycles. The first kappa shape index (κ1) is 14.7. The van der Waals surface area contributed by atoms with Crippen molar-refractivity contribution in [3.8, 4) is 0 Å². The van der Waals surface area contributed by atoms with Crippen LogP contribution in [0.4, 0.5) is 5.69 Å². The zero-order valence-electron chi connectivity index (χ0n) is 12.5. The fourth-order valence-corrected chi connectivity index (χ4v) is 3.16. The van der Waals surface area contributed by atoms with Crippen LogP contribution >= 0.6 is 11.6 Å². The number of hydrogen-bond donors (Lipinski definition) is 1. The molecule has 4 rings (SSSR count). The van der Waals surface area contributed by atoms with Gasteiger partial charge in [0.25, 0.3) is 0 Å². The predicted molar refractivity (Wildman–Crippen MR) is 95.6 cm³/mol. The van der Waals surface area contributed by atoms with E-state index in [1.807, 2.05) is 42.5 Å². The average molecular weight is 334 g/mol. The molecule has 4 heteroatoms. The molecule has 0 bridgehead atoms. The maximum atomic E-state index is 12.8. The Hall–Kier alpha value is -2.91. The summed E-state index contributed by atoms with van der Waals surface area (Å²) in [5.41, 5.74) is 1.57. The molecule has 0 amide bonds. The van der Waals surface area contributed by atoms with Crippen LogP contribution < -0.4 is 5.32 Å². The van der Waals surface area contributed by atoms with Gasteiger partial charge in [0.2, 0.25) is 11.6 Å². The number of fused-ring (bicyclic) bond motifs is 2. The third kappa shape index (κ3) is 2.22. The van der Waals surface area contributed by atoms with Gasteiger partial charge in [-0.2, -0.15) is 0 Å². The number of allylic oxidation sites excluding steroid dienone is 2. The van der Waals surface area contributed by atoms with Crippen LogP contribution in [-0.4, -0.2) is 11.6 Å². The molecule has 0 unspecified atom stereocenters. The van der Waals surface area contributed by atoms with E-state index < -0.39 is 0 Å². The average Bonchev–Trinajstić information content (AvgIpc) is 2.63. The lowest BCUT2D eigenvalue weighted by molar-refractivity contribution is 0.0982. The van der Waals surface area contributed by atoms with Crippen molar-refractivity contribution in [3.63, 3.8) is 0 Å². The molecule has 1 aliphatic carbocycles. The third-order valence-electron chi connectivity index (χ3n) is 4.11. The van der Waals surface area contributed by atoms with E-state index in [-0.39, 0.29) is 22.3 Å². The highest BCUT2D eigenvalue weighted by Crippen LogP contribution is 2.31. The molecular formula is C20H12ClNO2. The maximum Gasteiger partial charge on any atom is 0.211 e. The van der Waals surface area contributed by atoms with Gasteiger partial charge in [-0.05, 0) is 11.5 Å². The van der Waals surface area contributed by atoms with Crippen molar-refractivity contribution in [2.24, 2.45) is 0 Å². The Kier molecular flexibility index (Phi) is 3.44. The van der Waals surface area contributed by atoms with Crippen molar-refractivity contribution in [3.05, 3.63) is 88.6 Å². The molecule has 3 aromatic rings. The summed E-state index contributed by atoms with van der Waals surface area (Å²) in [6.45, 7) is 0. The Morgan fingerprint density at radius 2 is 1.33 bits per heavy atom. The van der Waals surface area contributed by atoms with Gasteiger partial charge >= 0.3 is 0 Å². The summed E-state index contributed by atoms with van der Waals surface area (Å²) in [6, 6.07) is 20.3. The second-order valence-electron chi connectivity index (χ2n) is 5.54. The molecule has 0 aromatic heterocycles. The van der Waals surface area contributed by atoms with E-state index in [4.69, 9.17) is 11.6 Å². The molecular weight excluding hydrogens is 322 g/mol. The lowest BCUT2D eigenvalue weighted by atomic mass is 9.92. The number of benzene rings is 3. The van der Waals surface area contributed by atoms with E-state index in [9.17, 15) is 9.59 Å². The molecule has 0 fully saturated rings. The standard InChI is InChI=1S/C20H12ClNO2/c21-17-18(20(24)15-10-4-3-9-14(15)19(17)23)22-16-11-5-7-12-6-1-2-8-13(12)16/h1-11,22H. The van der Waals surface area contributed by atoms with Crippen molar-refractivity contribution >= 4 is 39.6 Å². The molecule has 0 heterocycles. The highest BCUT2D eigenvalue weighted by Gasteiger charge is 2.31. The number of Topliss-reactive ketones (excluding diaryl/α,β-unsaturated/α-hetero) is 2. The third-order valence-corrected chi connectivity index (χ3v) is 4.47. The molecule has 24 heavy (non-hydrogen) atoms. The van der Waals surface area contributed by atoms with E-state index >= 15 is 0 Å². The zero-order chi connectivity index (χ0) is 16.7. The van der Waals surface area contributed by atoms with Gasteiger partial charge < -0.3 is 5.32 Å². The van der Waals surface area contributed by atoms with Crippen LogP contribution in [0.3, 0.4) is 0 Å². The van der Waals surface area contributed by atoms with Crippen LogP contribution in [0.25, 0.3) is 10.8 Å². The van der Waals surface area contributed by atoms with Crippen LogP contribution in [0.15, 0.2) is 77.5 Å². The van der Waals surface area contributed by atoms with Crippen molar-refractivity contribution in [1.82, 2.24) is 0 Å². The van der Waals surface area contributed by atoms with Crippen LogP contribution in [0.2, 0.25) is 0 Å². The van der Waals surface area contributed by atoms with Crippen LogP contribution in [-0.2, 0) is 0 Å². The van der Waals surface area contributed by atoms with Gasteiger partial charge in [-0.1, -0.05) is 72.3 Å². The number of anilines is 1. The summed E-state index contributed by atoms with van der Waals surface area (Å²) in [5.74, 6) is -0.613. The Bertz CT molecular complexity index is 1030. The number of nitrogens with one attached hydrogen (secondary N) is 1. The molecule has 116 valence electrons. The van der Waals surface area contributed by atoms with E-state index in [0.717, 1.165) is 16.5 Å². The zero-order valence-corrected chi connectivity index (χ0v) is 13.3. The predicted octanol–water partition coefficient (Wildman–Crippen LogP) is 4.78. The first-order valence-electron chi connectivity index (χ1n) is 7.50. The highest BCUT2D eigenvalue weighted by atomic mass is 35.5. The van der Waals surface area contributed by atoms with Gasteiger partial charge in [0.05, 0.1) is 0 Å². The van der Waals surface area contributed by atoms with E-state index in [0.29, 0.717) is 11.1 Å². The van der Waals surface area contributed by atoms with Gasteiger partial charge in [-0.25, -0.2) is 0 Å². The molecule has 0 radical (unpaired) electrons. The minimum atomic E-state index is -0.338. The summed E-state index contributed by atoms with van der Waals surface area (Å²) < 4.78 is 0. The number of carbonyl (C=O) groups excluding carboxylic acids is 2. The Balaban J connectivity index is 1.83. The van der Waals surface area contributed by atoms with Gasteiger partial charge in [-0.3, -0.25) is 9.59 Å². The van der Waals surface area contributed by atoms with Crippen molar-refractivity contribution in [2.75, 3.05) is 5.32 Å². The Morgan fingerprint density at radius 3 is 2.12 bits per heavy atom. The molecule has 0 saturated carbocycles. The van der Waals surface area contributed by atoms with Gasteiger partial charge in [0, 0.05) is 22.2 Å². The minimum Gasteiger partial charge on any atom is -0.350 e. The van der Waals surface area contributed by atoms with Crippen molar-refractivity contribution in [1.29, 1.82) is 0 Å². The second kappa shape index (κ2) is 5.62. The topological polar surface area (TPSA) is 46.2 Å². The van der Waals surface area contributed by atoms with Crippen LogP contribution in [0, 0.1) is 0 Å². The summed E-state index contributed by atoms with van der Waals surface area (Å²) in [4.78, 5) is 25.2. The fraction of sp³-hybridized carbons (Fsp3) is 0. The lowest BCUT2D eigenvalue weighted by Gasteiger charge is -2.19. The van der Waals surface area contributed by atoms with Gasteiger partial charge in [-0.15, -0.1) is 0 Å². The molecule has 3 nitrogen and oxygen atoms in total. The molecule has 0 aliphatic heterocycles. The number of rotatable bonds is 2. The monoisotopic (exact) mass is 333 g/mol. The minimum absolute atomic E-state index is 0.0772. The Labute approximate surface area is 143 Å². The van der Waals surface area contributed by atoms with Crippen molar-refractivity contribution < 1.29 is 9.59 Å². The highest BCUT2D eigenvalue weighted by molar-refractivity contribution is 6.50. The summed E-state index contributed by atoms with van der Waals surface area (Å²) in [6.07, 6.45) is 0. The number of carbonyl (C=O) groups is 2. The molecule has 0 atom stereocenters. The number of hydrogen-bond acceptors (Lipinski definition) is 3. The smallest absolute Gasteiger partial charge is 0.211 e. The maximum absolute atomic E-state index is 12.8. The Morgan fingerprint density at radius 1 is 0.708 bits per heavy atom. The molecule has 1 aliphatic rings. The lowest BCUT2D eigenvalue weighted by Crippen LogP contribution is -2.24. The SMILES string of the molecule is O=C1C(Cl)=C(Nc2cccc3ccccc23)C(=O)c2ccccc21. The first-order valence-corrected chi connectivity index (χ1v) is 7.87. The van der Waals surface area contributed by atoms with Crippen molar-refractivity contribution in [2.45, 2.75) is 0 Å². The number of halogens is 1. The van der Waals surface area contributed by atoms with Crippen LogP contribution in [0.1, 0.15) is 20.7 Å². The molecule has 0 spiro atoms. The van der Waals surface area contributed by atoms with E-state index in [1.165, 1.54) is 0 Å². The number of ketones is 2. The van der Waals surface area contributed by atoms with Crippen LogP contribution in [0.5, 0.6) is 0 Å². The summed E-state index contributed by atoms with van der Waals surface area (Å²) >= 11 is 6.20. The van der Waals surface area contributed by atoms with Gasteiger partial charge in [0.1, 0.15) is 10.7 Å². The first-order chi connectivity index (χ1) is 11.7. The normalized spacial score (nSPS) is 14.0. The van der Waals surface area contributed by atoms with E-state index in [2.05, 4.69) is 5.32 Å². The molecule has 1 N–H and O–H groups in total. The summed E-state index contributed by atoms with van der Waals surface area (Å²) in [7, 11) is 0. The fourth-order valence-electron chi connectivity index (χ4n) is 2.93. The van der Waals surface area contributed by atoms with E-state index in [1.54, 1.807) is 24.3 Å². The summed E-state index contributed by atoms with van der Waals surface area (Å²) in [5, 5.41) is 4.99.